The number of amides is 1. The predicted molar refractivity (Wildman–Crippen MR) is 67.9 cm³/mol. The summed E-state index contributed by atoms with van der Waals surface area (Å²) in [6.45, 7) is 2.40. The molecule has 0 spiro atoms. The molecule has 94 valence electrons. The number of nitrogens with two attached hydrogens (primary N) is 1. The Morgan fingerprint density at radius 1 is 1.39 bits per heavy atom. The van der Waals surface area contributed by atoms with Crippen LogP contribution >= 0.6 is 0 Å². The maximum Gasteiger partial charge on any atom is 0.286 e. The molecule has 0 saturated carbocycles. The fourth-order valence-electron chi connectivity index (χ4n) is 1.83. The van der Waals surface area contributed by atoms with E-state index in [0.717, 1.165) is 6.42 Å². The van der Waals surface area contributed by atoms with Gasteiger partial charge in [0.2, 0.25) is 0 Å². The van der Waals surface area contributed by atoms with Crippen LogP contribution in [0.2, 0.25) is 0 Å². The van der Waals surface area contributed by atoms with Crippen molar-refractivity contribution >= 4 is 16.7 Å². The molecule has 3 N–H and O–H groups in total. The van der Waals surface area contributed by atoms with Crippen LogP contribution in [-0.4, -0.2) is 15.7 Å². The second-order valence-corrected chi connectivity index (χ2v) is 3.90. The second kappa shape index (κ2) is 4.97. The fourth-order valence-corrected chi connectivity index (χ4v) is 1.83. The first-order valence-corrected chi connectivity index (χ1v) is 5.69. The highest BCUT2D eigenvalue weighted by Gasteiger charge is 2.15. The summed E-state index contributed by atoms with van der Waals surface area (Å²) in [5.74, 6) is 4.63. The van der Waals surface area contributed by atoms with Gasteiger partial charge in [-0.05, 0) is 12.5 Å². The van der Waals surface area contributed by atoms with E-state index in [9.17, 15) is 9.59 Å². The van der Waals surface area contributed by atoms with Crippen molar-refractivity contribution in [1.82, 2.24) is 15.2 Å². The zero-order valence-corrected chi connectivity index (χ0v) is 10.0. The summed E-state index contributed by atoms with van der Waals surface area (Å²) in [5, 5.41) is 5.06. The van der Waals surface area contributed by atoms with Gasteiger partial charge in [-0.3, -0.25) is 15.0 Å². The Bertz CT molecular complexity index is 648. The number of nitrogen functional groups attached to an aromatic ring is 1. The molecule has 6 heteroatoms. The maximum absolute atomic E-state index is 12.1. The number of rotatable bonds is 3. The number of hydrogen-bond donors (Lipinski definition) is 2. The minimum absolute atomic E-state index is 0.168. The highest BCUT2D eigenvalue weighted by molar-refractivity contribution is 6.04. The Morgan fingerprint density at radius 2 is 2.06 bits per heavy atom. The first-order valence-electron chi connectivity index (χ1n) is 5.69. The molecule has 2 rings (SSSR count). The number of nitrogens with zero attached hydrogens (tertiary/aromatic N) is 2. The molecule has 0 aliphatic carbocycles. The summed E-state index contributed by atoms with van der Waals surface area (Å²) in [6, 6.07) is 6.87. The normalized spacial score (nSPS) is 10.6. The van der Waals surface area contributed by atoms with Crippen molar-refractivity contribution < 1.29 is 4.79 Å². The molecule has 0 aliphatic rings. The minimum atomic E-state index is -0.504. The average molecular weight is 246 g/mol. The van der Waals surface area contributed by atoms with Crippen LogP contribution in [0.1, 0.15) is 23.8 Å². The van der Waals surface area contributed by atoms with Crippen LogP contribution < -0.4 is 16.8 Å². The fraction of sp³-hybridized carbons (Fsp3) is 0.250. The molecule has 1 aromatic heterocycles. The number of hydrazine groups is 1. The molecule has 0 aliphatic heterocycles. The average Bonchev–Trinajstić information content (AvgIpc) is 2.41. The second-order valence-electron chi connectivity index (χ2n) is 3.90. The van der Waals surface area contributed by atoms with E-state index < -0.39 is 5.91 Å². The van der Waals surface area contributed by atoms with Crippen molar-refractivity contribution in [3.8, 4) is 0 Å². The van der Waals surface area contributed by atoms with Gasteiger partial charge in [0, 0.05) is 11.9 Å². The molecule has 1 amide bonds. The molecular formula is C12H14N4O2. The SMILES string of the molecule is CCCn1nc(C(=O)NN)c2ccccc2c1=O. The number of carbonyl (C=O) groups is 1. The Balaban J connectivity index is 2.80. The van der Waals surface area contributed by atoms with E-state index in [0.29, 0.717) is 17.3 Å². The van der Waals surface area contributed by atoms with E-state index in [-0.39, 0.29) is 11.3 Å². The van der Waals surface area contributed by atoms with Gasteiger partial charge in [0.25, 0.3) is 11.5 Å². The van der Waals surface area contributed by atoms with Crippen molar-refractivity contribution in [1.29, 1.82) is 0 Å². The molecule has 0 atom stereocenters. The third-order valence-electron chi connectivity index (χ3n) is 2.65. The summed E-state index contributed by atoms with van der Waals surface area (Å²) < 4.78 is 1.30. The molecule has 0 fully saturated rings. The molecule has 0 radical (unpaired) electrons. The summed E-state index contributed by atoms with van der Waals surface area (Å²) in [5.41, 5.74) is 2.02. The quantitative estimate of drug-likeness (QED) is 0.466. The predicted octanol–water partition coefficient (Wildman–Crippen LogP) is 0.410. The Kier molecular flexibility index (Phi) is 3.38. The third-order valence-corrected chi connectivity index (χ3v) is 2.65. The molecule has 1 aromatic carbocycles. The lowest BCUT2D eigenvalue weighted by atomic mass is 10.1. The summed E-state index contributed by atoms with van der Waals surface area (Å²) in [4.78, 5) is 23.8. The van der Waals surface area contributed by atoms with Gasteiger partial charge in [0.15, 0.2) is 5.69 Å². The molecule has 6 nitrogen and oxygen atoms in total. The molecule has 18 heavy (non-hydrogen) atoms. The topological polar surface area (TPSA) is 90.0 Å². The lowest BCUT2D eigenvalue weighted by Gasteiger charge is -2.08. The van der Waals surface area contributed by atoms with E-state index >= 15 is 0 Å². The van der Waals surface area contributed by atoms with Gasteiger partial charge in [-0.15, -0.1) is 0 Å². The number of benzene rings is 1. The van der Waals surface area contributed by atoms with Crippen LogP contribution in [0.3, 0.4) is 0 Å². The van der Waals surface area contributed by atoms with Gasteiger partial charge in [-0.2, -0.15) is 5.10 Å². The van der Waals surface area contributed by atoms with E-state index in [1.807, 2.05) is 12.3 Å². The molecule has 0 bridgehead atoms. The number of hydrogen-bond acceptors (Lipinski definition) is 4. The standard InChI is InChI=1S/C12H14N4O2/c1-2-7-16-12(18)9-6-4-3-5-8(9)10(15-16)11(17)14-13/h3-6H,2,7,13H2,1H3,(H,14,17). The van der Waals surface area contributed by atoms with Crippen molar-refractivity contribution in [2.75, 3.05) is 0 Å². The van der Waals surface area contributed by atoms with E-state index in [2.05, 4.69) is 5.10 Å². The summed E-state index contributed by atoms with van der Waals surface area (Å²) >= 11 is 0. The molecule has 0 saturated heterocycles. The zero-order valence-electron chi connectivity index (χ0n) is 10.0. The van der Waals surface area contributed by atoms with Crippen LogP contribution in [-0.2, 0) is 6.54 Å². The molecule has 0 unspecified atom stereocenters. The minimum Gasteiger partial charge on any atom is -0.289 e. The number of aryl methyl sites for hydroxylation is 1. The zero-order chi connectivity index (χ0) is 13.1. The van der Waals surface area contributed by atoms with Crippen LogP contribution in [0.15, 0.2) is 29.1 Å². The first-order chi connectivity index (χ1) is 8.69. The van der Waals surface area contributed by atoms with Gasteiger partial charge >= 0.3 is 0 Å². The van der Waals surface area contributed by atoms with Crippen molar-refractivity contribution in [2.24, 2.45) is 5.84 Å². The lowest BCUT2D eigenvalue weighted by molar-refractivity contribution is 0.0948. The van der Waals surface area contributed by atoms with Crippen molar-refractivity contribution in [3.63, 3.8) is 0 Å². The van der Waals surface area contributed by atoms with Gasteiger partial charge in [0.1, 0.15) is 0 Å². The van der Waals surface area contributed by atoms with Gasteiger partial charge in [-0.25, -0.2) is 10.5 Å². The first kappa shape index (κ1) is 12.3. The Labute approximate surface area is 103 Å². The third kappa shape index (κ3) is 1.98. The van der Waals surface area contributed by atoms with Crippen LogP contribution in [0.5, 0.6) is 0 Å². The Morgan fingerprint density at radius 3 is 2.67 bits per heavy atom. The van der Waals surface area contributed by atoms with E-state index in [1.165, 1.54) is 4.68 Å². The Hall–Kier alpha value is -2.21. The highest BCUT2D eigenvalue weighted by atomic mass is 16.2. The number of aromatic nitrogens is 2. The van der Waals surface area contributed by atoms with Crippen LogP contribution in [0.4, 0.5) is 0 Å². The van der Waals surface area contributed by atoms with E-state index in [4.69, 9.17) is 5.84 Å². The monoisotopic (exact) mass is 246 g/mol. The summed E-state index contributed by atoms with van der Waals surface area (Å²) in [7, 11) is 0. The summed E-state index contributed by atoms with van der Waals surface area (Å²) in [6.07, 6.45) is 0.759. The molecule has 1 heterocycles. The largest absolute Gasteiger partial charge is 0.289 e. The van der Waals surface area contributed by atoms with Crippen molar-refractivity contribution in [2.45, 2.75) is 19.9 Å². The highest BCUT2D eigenvalue weighted by Crippen LogP contribution is 2.12. The lowest BCUT2D eigenvalue weighted by Crippen LogP contribution is -2.34. The smallest absolute Gasteiger partial charge is 0.286 e. The number of carbonyl (C=O) groups excluding carboxylic acids is 1. The van der Waals surface area contributed by atoms with Gasteiger partial charge in [0.05, 0.1) is 5.39 Å². The number of fused-ring (bicyclic) bond motifs is 1. The molecule has 2 aromatic rings. The van der Waals surface area contributed by atoms with Crippen molar-refractivity contribution in [3.05, 3.63) is 40.3 Å². The maximum atomic E-state index is 12.1. The van der Waals surface area contributed by atoms with E-state index in [1.54, 1.807) is 24.3 Å². The molecular weight excluding hydrogens is 232 g/mol. The number of nitrogens with one attached hydrogen (secondary N) is 1. The van der Waals surface area contributed by atoms with Gasteiger partial charge in [-0.1, -0.05) is 25.1 Å². The van der Waals surface area contributed by atoms with Crippen LogP contribution in [0, 0.1) is 0 Å². The van der Waals surface area contributed by atoms with Crippen LogP contribution in [0.25, 0.3) is 10.8 Å². The van der Waals surface area contributed by atoms with Gasteiger partial charge < -0.3 is 0 Å².